The third-order valence-electron chi connectivity index (χ3n) is 2.31. The monoisotopic (exact) mass is 267 g/mol. The van der Waals surface area contributed by atoms with Gasteiger partial charge in [-0.25, -0.2) is 8.78 Å². The van der Waals surface area contributed by atoms with Crippen LogP contribution in [0.25, 0.3) is 0 Å². The second-order valence-electron chi connectivity index (χ2n) is 3.73. The molecule has 0 saturated carbocycles. The predicted molar refractivity (Wildman–Crippen MR) is 63.4 cm³/mol. The first-order chi connectivity index (χ1) is 9.10. The molecule has 0 spiro atoms. The van der Waals surface area contributed by atoms with Crippen LogP contribution in [0.2, 0.25) is 0 Å². The molecule has 0 atom stereocenters. The van der Waals surface area contributed by atoms with E-state index in [2.05, 4.69) is 15.6 Å². The van der Waals surface area contributed by atoms with Crippen LogP contribution >= 0.6 is 0 Å². The van der Waals surface area contributed by atoms with Crippen LogP contribution in [0.4, 0.5) is 14.5 Å². The van der Waals surface area contributed by atoms with E-state index in [-0.39, 0.29) is 11.4 Å². The highest BCUT2D eigenvalue weighted by atomic mass is 19.1. The molecule has 19 heavy (non-hydrogen) atoms. The van der Waals surface area contributed by atoms with Crippen molar-refractivity contribution in [1.29, 1.82) is 0 Å². The van der Waals surface area contributed by atoms with E-state index >= 15 is 0 Å². The largest absolute Gasteiger partial charge is 0.329 e. The summed E-state index contributed by atoms with van der Waals surface area (Å²) in [6, 6.07) is 2.77. The van der Waals surface area contributed by atoms with E-state index in [0.29, 0.717) is 13.1 Å². The number of nitrogens with zero attached hydrogens (tertiary/aromatic N) is 3. The van der Waals surface area contributed by atoms with Gasteiger partial charge in [-0.2, -0.15) is 0 Å². The summed E-state index contributed by atoms with van der Waals surface area (Å²) in [4.78, 5) is 11.7. The van der Waals surface area contributed by atoms with Crippen molar-refractivity contribution in [2.75, 3.05) is 11.9 Å². The average molecular weight is 267 g/mol. The lowest BCUT2D eigenvalue weighted by atomic mass is 10.3. The molecule has 0 radical (unpaired) electrons. The van der Waals surface area contributed by atoms with Gasteiger partial charge in [-0.15, -0.1) is 5.10 Å². The maximum atomic E-state index is 13.3. The second-order valence-corrected chi connectivity index (χ2v) is 3.73. The highest BCUT2D eigenvalue weighted by molar-refractivity contribution is 6.02. The normalized spacial score (nSPS) is 10.5. The number of aromatic nitrogens is 3. The first-order valence-electron chi connectivity index (χ1n) is 5.47. The van der Waals surface area contributed by atoms with Crippen LogP contribution in [-0.2, 0) is 6.54 Å². The summed E-state index contributed by atoms with van der Waals surface area (Å²) < 4.78 is 27.7. The van der Waals surface area contributed by atoms with E-state index < -0.39 is 17.5 Å². The van der Waals surface area contributed by atoms with Crippen molar-refractivity contribution in [1.82, 2.24) is 15.0 Å². The minimum absolute atomic E-state index is 0.00267. The number of benzene rings is 1. The summed E-state index contributed by atoms with van der Waals surface area (Å²) in [7, 11) is 0. The van der Waals surface area contributed by atoms with Crippen LogP contribution in [0.3, 0.4) is 0 Å². The number of hydrogen-bond acceptors (Lipinski definition) is 4. The molecule has 0 saturated heterocycles. The lowest BCUT2D eigenvalue weighted by molar-refractivity contribution is 0.102. The van der Waals surface area contributed by atoms with E-state index in [4.69, 9.17) is 5.73 Å². The smallest absolute Gasteiger partial charge is 0.277 e. The number of amides is 1. The van der Waals surface area contributed by atoms with Crippen molar-refractivity contribution in [3.8, 4) is 0 Å². The highest BCUT2D eigenvalue weighted by Gasteiger charge is 2.13. The number of halogens is 2. The zero-order chi connectivity index (χ0) is 13.8. The molecule has 0 unspecified atom stereocenters. The topological polar surface area (TPSA) is 85.8 Å². The Balaban J connectivity index is 2.13. The summed E-state index contributed by atoms with van der Waals surface area (Å²) in [5, 5.41) is 9.50. The average Bonchev–Trinajstić information content (AvgIpc) is 2.83. The third kappa shape index (κ3) is 3.10. The maximum absolute atomic E-state index is 13.3. The minimum Gasteiger partial charge on any atom is -0.329 e. The number of nitrogens with two attached hydrogens (primary N) is 1. The van der Waals surface area contributed by atoms with Crippen molar-refractivity contribution in [3.05, 3.63) is 41.7 Å². The molecular formula is C11H11F2N5O. The Morgan fingerprint density at radius 1 is 1.42 bits per heavy atom. The Morgan fingerprint density at radius 2 is 2.21 bits per heavy atom. The number of nitrogens with one attached hydrogen (secondary N) is 1. The van der Waals surface area contributed by atoms with Gasteiger partial charge in [0, 0.05) is 12.6 Å². The van der Waals surface area contributed by atoms with Crippen molar-refractivity contribution in [3.63, 3.8) is 0 Å². The summed E-state index contributed by atoms with van der Waals surface area (Å²) in [5.74, 6) is -2.06. The molecule has 1 amide bonds. The molecule has 3 N–H and O–H groups in total. The number of carbonyl (C=O) groups excluding carboxylic acids is 1. The molecule has 0 aliphatic heterocycles. The predicted octanol–water partition coefficient (Wildman–Crippen LogP) is 0.767. The van der Waals surface area contributed by atoms with Gasteiger partial charge in [-0.3, -0.25) is 9.48 Å². The van der Waals surface area contributed by atoms with Gasteiger partial charge in [-0.1, -0.05) is 5.21 Å². The number of anilines is 1. The quantitative estimate of drug-likeness (QED) is 0.856. The molecule has 2 rings (SSSR count). The van der Waals surface area contributed by atoms with Crippen molar-refractivity contribution in [2.45, 2.75) is 6.54 Å². The Morgan fingerprint density at radius 3 is 2.95 bits per heavy atom. The second kappa shape index (κ2) is 5.53. The zero-order valence-corrected chi connectivity index (χ0v) is 9.81. The minimum atomic E-state index is -0.732. The van der Waals surface area contributed by atoms with Crippen molar-refractivity contribution < 1.29 is 13.6 Å². The molecule has 0 bridgehead atoms. The van der Waals surface area contributed by atoms with Crippen molar-refractivity contribution >= 4 is 11.6 Å². The van der Waals surface area contributed by atoms with E-state index in [1.807, 2.05) is 0 Å². The van der Waals surface area contributed by atoms with Gasteiger partial charge in [0.25, 0.3) is 5.91 Å². The van der Waals surface area contributed by atoms with Gasteiger partial charge in [-0.05, 0) is 12.1 Å². The van der Waals surface area contributed by atoms with Gasteiger partial charge in [0.2, 0.25) is 0 Å². The van der Waals surface area contributed by atoms with Gasteiger partial charge in [0.05, 0.1) is 18.4 Å². The van der Waals surface area contributed by atoms with Gasteiger partial charge < -0.3 is 11.1 Å². The first-order valence-corrected chi connectivity index (χ1v) is 5.47. The van der Waals surface area contributed by atoms with Crippen molar-refractivity contribution in [2.24, 2.45) is 5.73 Å². The molecular weight excluding hydrogens is 256 g/mol. The van der Waals surface area contributed by atoms with E-state index in [9.17, 15) is 13.6 Å². The summed E-state index contributed by atoms with van der Waals surface area (Å²) >= 11 is 0. The summed E-state index contributed by atoms with van der Waals surface area (Å²) in [6.45, 7) is 0.761. The molecule has 100 valence electrons. The standard InChI is InChI=1S/C11H11F2N5O/c12-7-1-2-8(13)9(5-7)15-11(19)10-6-18(4-3-14)17-16-10/h1-2,5-6H,3-4,14H2,(H,15,19). The van der Waals surface area contributed by atoms with Crippen LogP contribution in [0, 0.1) is 11.6 Å². The van der Waals surface area contributed by atoms with Crippen LogP contribution in [0.15, 0.2) is 24.4 Å². The summed E-state index contributed by atoms with van der Waals surface area (Å²) in [6.07, 6.45) is 1.37. The fraction of sp³-hybridized carbons (Fsp3) is 0.182. The summed E-state index contributed by atoms with van der Waals surface area (Å²) in [5.41, 5.74) is 5.07. The van der Waals surface area contributed by atoms with Gasteiger partial charge >= 0.3 is 0 Å². The van der Waals surface area contributed by atoms with Gasteiger partial charge in [0.15, 0.2) is 5.69 Å². The molecule has 0 aliphatic carbocycles. The Kier molecular flexibility index (Phi) is 3.81. The molecule has 1 heterocycles. The van der Waals surface area contributed by atoms with Gasteiger partial charge in [0.1, 0.15) is 11.6 Å². The van der Waals surface area contributed by atoms with Crippen LogP contribution in [-0.4, -0.2) is 27.4 Å². The van der Waals surface area contributed by atoms with Crippen LogP contribution in [0.5, 0.6) is 0 Å². The maximum Gasteiger partial charge on any atom is 0.277 e. The van der Waals surface area contributed by atoms with E-state index in [1.54, 1.807) is 0 Å². The number of carbonyl (C=O) groups is 1. The Labute approximate surface area is 107 Å². The lowest BCUT2D eigenvalue weighted by Crippen LogP contribution is -2.14. The SMILES string of the molecule is NCCn1cc(C(=O)Nc2cc(F)ccc2F)nn1. The highest BCUT2D eigenvalue weighted by Crippen LogP contribution is 2.15. The molecule has 1 aromatic heterocycles. The first kappa shape index (κ1) is 13.1. The molecule has 2 aromatic rings. The van der Waals surface area contributed by atoms with Crippen LogP contribution in [0.1, 0.15) is 10.5 Å². The van der Waals surface area contributed by atoms with Crippen LogP contribution < -0.4 is 11.1 Å². The fourth-order valence-electron chi connectivity index (χ4n) is 1.42. The molecule has 1 aromatic carbocycles. The fourth-order valence-corrected chi connectivity index (χ4v) is 1.42. The van der Waals surface area contributed by atoms with E-state index in [1.165, 1.54) is 10.9 Å². The molecule has 0 fully saturated rings. The number of hydrogen-bond donors (Lipinski definition) is 2. The third-order valence-corrected chi connectivity index (χ3v) is 2.31. The lowest BCUT2D eigenvalue weighted by Gasteiger charge is -2.04. The molecule has 0 aliphatic rings. The molecule has 6 nitrogen and oxygen atoms in total. The molecule has 8 heteroatoms. The number of rotatable bonds is 4. The Hall–Kier alpha value is -2.35. The zero-order valence-electron chi connectivity index (χ0n) is 9.81. The Bertz CT molecular complexity index is 599. The van der Waals surface area contributed by atoms with E-state index in [0.717, 1.165) is 18.2 Å².